The van der Waals surface area contributed by atoms with E-state index in [0.29, 0.717) is 5.82 Å². The molecule has 27 heavy (non-hydrogen) atoms. The summed E-state index contributed by atoms with van der Waals surface area (Å²) in [5, 5.41) is 5.69. The highest BCUT2D eigenvalue weighted by molar-refractivity contribution is 5.85. The highest BCUT2D eigenvalue weighted by Crippen LogP contribution is 2.31. The predicted molar refractivity (Wildman–Crippen MR) is 105 cm³/mol. The fourth-order valence-corrected chi connectivity index (χ4v) is 3.49. The van der Waals surface area contributed by atoms with Crippen LogP contribution in [0.1, 0.15) is 34.9 Å². The van der Waals surface area contributed by atoms with E-state index in [1.165, 1.54) is 5.56 Å². The summed E-state index contributed by atoms with van der Waals surface area (Å²) in [6.45, 7) is 4.69. The SMILES string of the molecule is Cc1ncc(C)n2nc(/C=C/c3ccc4ccc5c(c4n3)CCCO5)nc12. The Morgan fingerprint density at radius 2 is 1.96 bits per heavy atom. The van der Waals surface area contributed by atoms with Crippen LogP contribution in [0, 0.1) is 13.8 Å². The Morgan fingerprint density at radius 3 is 2.85 bits per heavy atom. The van der Waals surface area contributed by atoms with Crippen LogP contribution in [0.2, 0.25) is 0 Å². The molecule has 0 spiro atoms. The number of aromatic nitrogens is 5. The number of fused-ring (bicyclic) bond motifs is 4. The third-order valence-electron chi connectivity index (χ3n) is 4.90. The van der Waals surface area contributed by atoms with Gasteiger partial charge in [0.2, 0.25) is 0 Å². The Labute approximate surface area is 156 Å². The van der Waals surface area contributed by atoms with E-state index in [1.807, 2.05) is 42.6 Å². The zero-order chi connectivity index (χ0) is 18.4. The zero-order valence-corrected chi connectivity index (χ0v) is 15.3. The van der Waals surface area contributed by atoms with Crippen LogP contribution in [-0.4, -0.2) is 31.2 Å². The predicted octanol–water partition coefficient (Wildman–Crippen LogP) is 3.78. The van der Waals surface area contributed by atoms with Crippen molar-refractivity contribution in [3.63, 3.8) is 0 Å². The number of pyridine rings is 1. The average molecular weight is 357 g/mol. The Bertz CT molecular complexity index is 1170. The van der Waals surface area contributed by atoms with E-state index < -0.39 is 0 Å². The number of hydrogen-bond acceptors (Lipinski definition) is 5. The van der Waals surface area contributed by atoms with Crippen molar-refractivity contribution in [3.8, 4) is 5.75 Å². The second-order valence-electron chi connectivity index (χ2n) is 6.83. The fourth-order valence-electron chi connectivity index (χ4n) is 3.49. The lowest BCUT2D eigenvalue weighted by Gasteiger charge is -2.18. The molecule has 5 rings (SSSR count). The van der Waals surface area contributed by atoms with Crippen molar-refractivity contribution in [3.05, 3.63) is 58.9 Å². The molecule has 1 aromatic carbocycles. The Balaban J connectivity index is 1.54. The van der Waals surface area contributed by atoms with Gasteiger partial charge in [0, 0.05) is 17.1 Å². The number of benzene rings is 1. The lowest BCUT2D eigenvalue weighted by atomic mass is 10.0. The van der Waals surface area contributed by atoms with Gasteiger partial charge in [0.25, 0.3) is 0 Å². The summed E-state index contributed by atoms with van der Waals surface area (Å²) in [4.78, 5) is 13.8. The molecular formula is C21H19N5O. The Kier molecular flexibility index (Phi) is 3.63. The second kappa shape index (κ2) is 6.16. The zero-order valence-electron chi connectivity index (χ0n) is 15.3. The number of ether oxygens (including phenoxy) is 1. The summed E-state index contributed by atoms with van der Waals surface area (Å²) in [7, 11) is 0. The molecule has 0 fully saturated rings. The molecule has 0 unspecified atom stereocenters. The van der Waals surface area contributed by atoms with Gasteiger partial charge in [0.1, 0.15) is 5.75 Å². The average Bonchev–Trinajstić information content (AvgIpc) is 3.15. The van der Waals surface area contributed by atoms with E-state index in [-0.39, 0.29) is 0 Å². The minimum absolute atomic E-state index is 0.648. The van der Waals surface area contributed by atoms with E-state index in [4.69, 9.17) is 9.72 Å². The van der Waals surface area contributed by atoms with Crippen LogP contribution in [0.3, 0.4) is 0 Å². The first-order chi connectivity index (χ1) is 13.2. The smallest absolute Gasteiger partial charge is 0.177 e. The summed E-state index contributed by atoms with van der Waals surface area (Å²) in [5.41, 5.74) is 5.71. The summed E-state index contributed by atoms with van der Waals surface area (Å²) < 4.78 is 7.59. The van der Waals surface area contributed by atoms with Crippen molar-refractivity contribution < 1.29 is 4.74 Å². The number of rotatable bonds is 2. The second-order valence-corrected chi connectivity index (χ2v) is 6.83. The van der Waals surface area contributed by atoms with Gasteiger partial charge in [-0.25, -0.2) is 14.5 Å². The highest BCUT2D eigenvalue weighted by atomic mass is 16.5. The third-order valence-corrected chi connectivity index (χ3v) is 4.90. The molecule has 6 heteroatoms. The van der Waals surface area contributed by atoms with Crippen LogP contribution in [0.5, 0.6) is 5.75 Å². The van der Waals surface area contributed by atoms with E-state index in [0.717, 1.165) is 58.8 Å². The Morgan fingerprint density at radius 1 is 1.07 bits per heavy atom. The molecule has 0 amide bonds. The molecule has 0 atom stereocenters. The maximum Gasteiger partial charge on any atom is 0.177 e. The standard InChI is InChI=1S/C21H19N5O/c1-13-12-22-14(2)21-24-19(25-26(13)21)10-8-16-7-5-15-6-9-18-17(20(15)23-16)4-3-11-27-18/h5-10,12H,3-4,11H2,1-2H3/b10-8+. The summed E-state index contributed by atoms with van der Waals surface area (Å²) in [6.07, 6.45) is 7.69. The van der Waals surface area contributed by atoms with Gasteiger partial charge in [-0.05, 0) is 57.0 Å². The molecule has 0 aliphatic carbocycles. The van der Waals surface area contributed by atoms with Gasteiger partial charge < -0.3 is 4.74 Å². The van der Waals surface area contributed by atoms with Gasteiger partial charge in [-0.15, -0.1) is 5.10 Å². The molecule has 0 radical (unpaired) electrons. The van der Waals surface area contributed by atoms with Crippen LogP contribution in [0.25, 0.3) is 28.7 Å². The number of nitrogens with zero attached hydrogens (tertiary/aromatic N) is 5. The maximum atomic E-state index is 5.77. The van der Waals surface area contributed by atoms with Gasteiger partial charge in [-0.1, -0.05) is 6.07 Å². The minimum Gasteiger partial charge on any atom is -0.493 e. The lowest BCUT2D eigenvalue weighted by Crippen LogP contribution is -2.09. The van der Waals surface area contributed by atoms with Crippen LogP contribution in [0.15, 0.2) is 30.5 Å². The van der Waals surface area contributed by atoms with Crippen LogP contribution in [-0.2, 0) is 6.42 Å². The summed E-state index contributed by atoms with van der Waals surface area (Å²) in [6, 6.07) is 8.24. The van der Waals surface area contributed by atoms with Gasteiger partial charge in [0.05, 0.1) is 29.2 Å². The molecule has 0 bridgehead atoms. The molecule has 0 N–H and O–H groups in total. The molecular weight excluding hydrogens is 338 g/mol. The molecule has 3 aromatic heterocycles. The lowest BCUT2D eigenvalue weighted by molar-refractivity contribution is 0.289. The third kappa shape index (κ3) is 2.73. The first-order valence-electron chi connectivity index (χ1n) is 9.11. The molecule has 1 aliphatic heterocycles. The normalized spacial score (nSPS) is 14.0. The summed E-state index contributed by atoms with van der Waals surface area (Å²) >= 11 is 0. The first-order valence-corrected chi connectivity index (χ1v) is 9.11. The molecule has 1 aliphatic rings. The van der Waals surface area contributed by atoms with E-state index in [1.54, 1.807) is 6.20 Å². The van der Waals surface area contributed by atoms with Crippen molar-refractivity contribution in [2.75, 3.05) is 6.61 Å². The van der Waals surface area contributed by atoms with Gasteiger partial charge in [-0.3, -0.25) is 4.98 Å². The monoisotopic (exact) mass is 357 g/mol. The molecule has 0 saturated carbocycles. The number of aryl methyl sites for hydroxylation is 3. The molecule has 4 aromatic rings. The molecule has 4 heterocycles. The van der Waals surface area contributed by atoms with E-state index in [2.05, 4.69) is 27.2 Å². The van der Waals surface area contributed by atoms with Crippen molar-refractivity contribution in [2.24, 2.45) is 0 Å². The van der Waals surface area contributed by atoms with Crippen LogP contribution in [0.4, 0.5) is 0 Å². The largest absolute Gasteiger partial charge is 0.493 e. The number of hydrogen-bond donors (Lipinski definition) is 0. The fraction of sp³-hybridized carbons (Fsp3) is 0.238. The Hall–Kier alpha value is -3.28. The van der Waals surface area contributed by atoms with Gasteiger partial charge in [-0.2, -0.15) is 0 Å². The van der Waals surface area contributed by atoms with Crippen molar-refractivity contribution >= 4 is 28.7 Å². The maximum absolute atomic E-state index is 5.77. The van der Waals surface area contributed by atoms with Gasteiger partial charge >= 0.3 is 0 Å². The van der Waals surface area contributed by atoms with Crippen molar-refractivity contribution in [1.29, 1.82) is 0 Å². The molecule has 6 nitrogen and oxygen atoms in total. The van der Waals surface area contributed by atoms with E-state index >= 15 is 0 Å². The van der Waals surface area contributed by atoms with Crippen molar-refractivity contribution in [2.45, 2.75) is 26.7 Å². The van der Waals surface area contributed by atoms with Crippen LogP contribution < -0.4 is 4.74 Å². The van der Waals surface area contributed by atoms with Crippen molar-refractivity contribution in [1.82, 2.24) is 24.6 Å². The first kappa shape index (κ1) is 15.9. The molecule has 0 saturated heterocycles. The minimum atomic E-state index is 0.648. The topological polar surface area (TPSA) is 65.2 Å². The summed E-state index contributed by atoms with van der Waals surface area (Å²) in [5.74, 6) is 1.61. The quantitative estimate of drug-likeness (QED) is 0.546. The van der Waals surface area contributed by atoms with E-state index in [9.17, 15) is 0 Å². The van der Waals surface area contributed by atoms with Crippen LogP contribution >= 0.6 is 0 Å². The highest BCUT2D eigenvalue weighted by Gasteiger charge is 2.14. The van der Waals surface area contributed by atoms with Gasteiger partial charge in [0.15, 0.2) is 11.5 Å². The molecule has 134 valence electrons.